The van der Waals surface area contributed by atoms with Crippen LogP contribution in [0.25, 0.3) is 10.4 Å². The highest BCUT2D eigenvalue weighted by atomic mass is 28.3. The number of ether oxygens (including phenoxy) is 2. The summed E-state index contributed by atoms with van der Waals surface area (Å²) in [6.07, 6.45) is -0.717. The Morgan fingerprint density at radius 2 is 1.79 bits per heavy atom. The van der Waals surface area contributed by atoms with Gasteiger partial charge in [-0.2, -0.15) is 0 Å². The fourth-order valence-electron chi connectivity index (χ4n) is 1.91. The Hall–Kier alpha value is -2.26. The average Bonchev–Trinajstić information content (AvgIpc) is 2.50. The first-order valence-electron chi connectivity index (χ1n) is 9.22. The lowest BCUT2D eigenvalue weighted by Crippen LogP contribution is -2.52. The van der Waals surface area contributed by atoms with E-state index in [1.807, 2.05) is 0 Å². The molecule has 10 nitrogen and oxygen atoms in total. The maximum atomic E-state index is 12.5. The van der Waals surface area contributed by atoms with Crippen LogP contribution in [0, 0.1) is 0 Å². The number of nitrogens with zero attached hydrogens (tertiary/aromatic N) is 3. The second kappa shape index (κ2) is 11.6. The fourth-order valence-corrected chi connectivity index (χ4v) is 2.62. The molecule has 2 N–H and O–H groups in total. The third kappa shape index (κ3) is 13.0. The Labute approximate surface area is 167 Å². The third-order valence-electron chi connectivity index (χ3n) is 3.40. The first kappa shape index (κ1) is 25.7. The number of hydrogen-bond acceptors (Lipinski definition) is 6. The third-order valence-corrected chi connectivity index (χ3v) is 5.10. The van der Waals surface area contributed by atoms with Crippen molar-refractivity contribution in [2.24, 2.45) is 5.11 Å². The van der Waals surface area contributed by atoms with Crippen molar-refractivity contribution < 1.29 is 23.9 Å². The van der Waals surface area contributed by atoms with E-state index in [0.29, 0.717) is 6.61 Å². The van der Waals surface area contributed by atoms with Crippen molar-refractivity contribution in [1.29, 1.82) is 0 Å². The standard InChI is InChI=1S/C17H33N5O5Si/c1-12(15(24)26-10-11-28(5,6)7)20-14(23)13(8-9-19-22-18)21-16(25)27-17(2,3)4/h12-13H,8-11H2,1-7H3,(H,20,23)(H,21,25)/t12-,13-/m1/s1. The molecule has 0 aliphatic rings. The highest BCUT2D eigenvalue weighted by molar-refractivity contribution is 6.76. The molecule has 0 rings (SSSR count). The minimum absolute atomic E-state index is 0.000573. The van der Waals surface area contributed by atoms with Gasteiger partial charge in [-0.25, -0.2) is 9.59 Å². The van der Waals surface area contributed by atoms with Crippen molar-refractivity contribution in [2.45, 2.75) is 77.5 Å². The number of hydrogen-bond donors (Lipinski definition) is 2. The number of amides is 2. The van der Waals surface area contributed by atoms with Gasteiger partial charge in [0, 0.05) is 19.5 Å². The van der Waals surface area contributed by atoms with E-state index in [4.69, 9.17) is 15.0 Å². The molecule has 2 amide bonds. The predicted molar refractivity (Wildman–Crippen MR) is 109 cm³/mol. The molecule has 0 aromatic heterocycles. The lowest BCUT2D eigenvalue weighted by atomic mass is 10.1. The van der Waals surface area contributed by atoms with E-state index in [-0.39, 0.29) is 13.0 Å². The minimum atomic E-state index is -1.33. The second-order valence-corrected chi connectivity index (χ2v) is 14.3. The summed E-state index contributed by atoms with van der Waals surface area (Å²) in [4.78, 5) is 39.1. The van der Waals surface area contributed by atoms with E-state index in [1.165, 1.54) is 6.92 Å². The van der Waals surface area contributed by atoms with Crippen LogP contribution in [0.5, 0.6) is 0 Å². The van der Waals surface area contributed by atoms with E-state index in [1.54, 1.807) is 20.8 Å². The van der Waals surface area contributed by atoms with E-state index < -0.39 is 43.7 Å². The number of carbonyl (C=O) groups is 3. The lowest BCUT2D eigenvalue weighted by molar-refractivity contribution is -0.147. The van der Waals surface area contributed by atoms with Gasteiger partial charge in [-0.05, 0) is 45.7 Å². The van der Waals surface area contributed by atoms with Crippen LogP contribution in [0.1, 0.15) is 34.1 Å². The number of alkyl carbamates (subject to hydrolysis) is 1. The molecule has 0 radical (unpaired) electrons. The first-order chi connectivity index (χ1) is 12.7. The summed E-state index contributed by atoms with van der Waals surface area (Å²) in [5, 5.41) is 8.33. The number of esters is 1. The molecule has 0 aromatic carbocycles. The number of azide groups is 1. The Morgan fingerprint density at radius 3 is 2.29 bits per heavy atom. The van der Waals surface area contributed by atoms with Crippen LogP contribution in [0.4, 0.5) is 4.79 Å². The van der Waals surface area contributed by atoms with Gasteiger partial charge < -0.3 is 20.1 Å². The quantitative estimate of drug-likeness (QED) is 0.185. The largest absolute Gasteiger partial charge is 0.464 e. The summed E-state index contributed by atoms with van der Waals surface area (Å²) in [5.41, 5.74) is 7.66. The molecule has 0 fully saturated rings. The number of rotatable bonds is 10. The van der Waals surface area contributed by atoms with Gasteiger partial charge in [0.25, 0.3) is 0 Å². The second-order valence-electron chi connectivity index (χ2n) is 8.65. The van der Waals surface area contributed by atoms with Crippen LogP contribution in [0.3, 0.4) is 0 Å². The normalized spacial score (nSPS) is 13.5. The van der Waals surface area contributed by atoms with Crippen LogP contribution >= 0.6 is 0 Å². The molecule has 0 aromatic rings. The molecule has 0 aliphatic heterocycles. The lowest BCUT2D eigenvalue weighted by Gasteiger charge is -2.24. The van der Waals surface area contributed by atoms with Gasteiger partial charge in [0.15, 0.2) is 0 Å². The molecule has 2 atom stereocenters. The molecule has 0 aliphatic carbocycles. The van der Waals surface area contributed by atoms with Crippen molar-refractivity contribution in [3.63, 3.8) is 0 Å². The van der Waals surface area contributed by atoms with Gasteiger partial charge >= 0.3 is 12.1 Å². The zero-order valence-electron chi connectivity index (χ0n) is 17.9. The topological polar surface area (TPSA) is 142 Å². The van der Waals surface area contributed by atoms with Crippen molar-refractivity contribution in [3.05, 3.63) is 10.4 Å². The average molecular weight is 416 g/mol. The van der Waals surface area contributed by atoms with Crippen molar-refractivity contribution in [3.8, 4) is 0 Å². The summed E-state index contributed by atoms with van der Waals surface area (Å²) in [7, 11) is -1.33. The molecule has 0 unspecified atom stereocenters. The van der Waals surface area contributed by atoms with Gasteiger partial charge in [-0.15, -0.1) is 0 Å². The maximum absolute atomic E-state index is 12.5. The van der Waals surface area contributed by atoms with Crippen molar-refractivity contribution in [1.82, 2.24) is 10.6 Å². The summed E-state index contributed by atoms with van der Waals surface area (Å²) >= 11 is 0. The molecule has 28 heavy (non-hydrogen) atoms. The maximum Gasteiger partial charge on any atom is 0.408 e. The molecule has 160 valence electrons. The monoisotopic (exact) mass is 415 g/mol. The molecule has 11 heteroatoms. The Kier molecular flexibility index (Phi) is 10.6. The Balaban J connectivity index is 4.80. The summed E-state index contributed by atoms with van der Waals surface area (Å²) in [5.74, 6) is -1.13. The molecule has 0 saturated heterocycles. The minimum Gasteiger partial charge on any atom is -0.464 e. The first-order valence-corrected chi connectivity index (χ1v) is 12.9. The van der Waals surface area contributed by atoms with E-state index in [2.05, 4.69) is 40.3 Å². The van der Waals surface area contributed by atoms with Gasteiger partial charge in [-0.1, -0.05) is 24.8 Å². The Morgan fingerprint density at radius 1 is 1.18 bits per heavy atom. The highest BCUT2D eigenvalue weighted by Gasteiger charge is 2.27. The number of carbonyl (C=O) groups excluding carboxylic acids is 3. The summed E-state index contributed by atoms with van der Waals surface area (Å²) in [6, 6.07) is -1.07. The van der Waals surface area contributed by atoms with Gasteiger partial charge in [0.05, 0.1) is 6.61 Å². The van der Waals surface area contributed by atoms with Crippen LogP contribution in [-0.2, 0) is 19.1 Å². The molecular weight excluding hydrogens is 382 g/mol. The van der Waals surface area contributed by atoms with E-state index in [0.717, 1.165) is 6.04 Å². The smallest absolute Gasteiger partial charge is 0.408 e. The highest BCUT2D eigenvalue weighted by Crippen LogP contribution is 2.09. The summed E-state index contributed by atoms with van der Waals surface area (Å²) in [6.45, 7) is 13.4. The van der Waals surface area contributed by atoms with Crippen LogP contribution in [0.2, 0.25) is 25.7 Å². The van der Waals surface area contributed by atoms with Crippen molar-refractivity contribution >= 4 is 26.0 Å². The zero-order valence-corrected chi connectivity index (χ0v) is 18.9. The molecule has 0 bridgehead atoms. The van der Waals surface area contributed by atoms with Crippen molar-refractivity contribution in [2.75, 3.05) is 13.2 Å². The van der Waals surface area contributed by atoms with Crippen LogP contribution in [0.15, 0.2) is 5.11 Å². The summed E-state index contributed by atoms with van der Waals surface area (Å²) < 4.78 is 10.3. The fraction of sp³-hybridized carbons (Fsp3) is 0.824. The number of nitrogens with one attached hydrogen (secondary N) is 2. The predicted octanol–water partition coefficient (Wildman–Crippen LogP) is 2.97. The molecular formula is C17H33N5O5Si. The van der Waals surface area contributed by atoms with Gasteiger partial charge in [0.1, 0.15) is 17.7 Å². The molecule has 0 saturated carbocycles. The van der Waals surface area contributed by atoms with E-state index in [9.17, 15) is 14.4 Å². The van der Waals surface area contributed by atoms with Gasteiger partial charge in [-0.3, -0.25) is 4.79 Å². The van der Waals surface area contributed by atoms with E-state index >= 15 is 0 Å². The SMILES string of the molecule is C[C@@H](NC(=O)[C@@H](CCN=[N+]=[N-])NC(=O)OC(C)(C)C)C(=O)OCC[Si](C)(C)C. The zero-order chi connectivity index (χ0) is 22.0. The molecule has 0 heterocycles. The van der Waals surface area contributed by atoms with Crippen LogP contribution < -0.4 is 10.6 Å². The Bertz CT molecular complexity index is 594. The van der Waals surface area contributed by atoms with Crippen LogP contribution in [-0.4, -0.2) is 56.9 Å². The van der Waals surface area contributed by atoms with Gasteiger partial charge in [0.2, 0.25) is 5.91 Å². The molecule has 0 spiro atoms.